The second-order valence-corrected chi connectivity index (χ2v) is 5.52. The van der Waals surface area contributed by atoms with E-state index in [1.165, 1.54) is 24.3 Å². The molecule has 2 aromatic rings. The van der Waals surface area contributed by atoms with Crippen LogP contribution in [-0.2, 0) is 4.74 Å². The van der Waals surface area contributed by atoms with Gasteiger partial charge in [0.25, 0.3) is 0 Å². The lowest BCUT2D eigenvalue weighted by Gasteiger charge is -2.38. The van der Waals surface area contributed by atoms with Crippen LogP contribution in [-0.4, -0.2) is 39.2 Å². The van der Waals surface area contributed by atoms with Gasteiger partial charge in [0.1, 0.15) is 17.6 Å². The molecule has 3 rings (SSSR count). The van der Waals surface area contributed by atoms with Gasteiger partial charge in [0, 0.05) is 5.92 Å². The molecule has 22 heavy (non-hydrogen) atoms. The predicted molar refractivity (Wildman–Crippen MR) is 79.7 cm³/mol. The van der Waals surface area contributed by atoms with Crippen molar-refractivity contribution in [3.05, 3.63) is 59.7 Å². The average Bonchev–Trinajstić information content (AvgIpc) is 2.51. The van der Waals surface area contributed by atoms with Gasteiger partial charge in [0.15, 0.2) is 0 Å². The van der Waals surface area contributed by atoms with E-state index < -0.39 is 24.2 Å². The molecule has 0 aliphatic carbocycles. The van der Waals surface area contributed by atoms with Crippen molar-refractivity contribution in [1.29, 1.82) is 0 Å². The first-order chi connectivity index (χ1) is 10.6. The maximum Gasteiger partial charge on any atom is 0.115 e. The van der Waals surface area contributed by atoms with Crippen molar-refractivity contribution < 1.29 is 25.2 Å². The highest BCUT2D eigenvalue weighted by molar-refractivity contribution is 5.33. The zero-order chi connectivity index (χ0) is 15.7. The Morgan fingerprint density at radius 3 is 1.82 bits per heavy atom. The molecule has 0 unspecified atom stereocenters. The molecule has 116 valence electrons. The summed E-state index contributed by atoms with van der Waals surface area (Å²) < 4.78 is 5.57. The summed E-state index contributed by atoms with van der Waals surface area (Å²) in [5, 5.41) is 39.5. The van der Waals surface area contributed by atoms with Crippen LogP contribution < -0.4 is 0 Å². The highest BCUT2D eigenvalue weighted by Crippen LogP contribution is 2.38. The molecular formula is C17H18O5. The topological polar surface area (TPSA) is 90.2 Å². The molecule has 0 aromatic heterocycles. The molecule has 5 heteroatoms. The van der Waals surface area contributed by atoms with E-state index in [4.69, 9.17) is 4.74 Å². The monoisotopic (exact) mass is 302 g/mol. The number of hydrogen-bond donors (Lipinski definition) is 4. The summed E-state index contributed by atoms with van der Waals surface area (Å²) >= 11 is 0. The molecule has 5 nitrogen and oxygen atoms in total. The molecule has 0 saturated carbocycles. The van der Waals surface area contributed by atoms with Crippen LogP contribution in [0.4, 0.5) is 0 Å². The quantitative estimate of drug-likeness (QED) is 0.677. The molecule has 1 fully saturated rings. The van der Waals surface area contributed by atoms with Crippen molar-refractivity contribution in [3.63, 3.8) is 0 Å². The highest BCUT2D eigenvalue weighted by Gasteiger charge is 2.40. The summed E-state index contributed by atoms with van der Waals surface area (Å²) in [5.74, 6) is -0.229. The van der Waals surface area contributed by atoms with Crippen molar-refractivity contribution in [2.75, 3.05) is 6.61 Å². The Bertz CT molecular complexity index is 623. The Morgan fingerprint density at radius 2 is 1.27 bits per heavy atom. The summed E-state index contributed by atoms with van der Waals surface area (Å²) in [6, 6.07) is 12.9. The van der Waals surface area contributed by atoms with Crippen molar-refractivity contribution >= 4 is 0 Å². The second-order valence-electron chi connectivity index (χ2n) is 5.52. The SMILES string of the molecule is Oc1ccc([C@@H]2[C@@H](O)[C@@H](c3ccc(O)cc3)OC[C@H]2O)cc1. The lowest BCUT2D eigenvalue weighted by Crippen LogP contribution is -2.43. The smallest absolute Gasteiger partial charge is 0.115 e. The first kappa shape index (κ1) is 14.8. The van der Waals surface area contributed by atoms with Crippen LogP contribution in [0.1, 0.15) is 23.1 Å². The van der Waals surface area contributed by atoms with Gasteiger partial charge >= 0.3 is 0 Å². The van der Waals surface area contributed by atoms with E-state index in [0.717, 1.165) is 11.1 Å². The average molecular weight is 302 g/mol. The normalized spacial score (nSPS) is 28.5. The Morgan fingerprint density at radius 1 is 0.773 bits per heavy atom. The predicted octanol–water partition coefficient (Wildman–Crippen LogP) is 1.67. The minimum atomic E-state index is -0.933. The third-order valence-electron chi connectivity index (χ3n) is 4.04. The highest BCUT2D eigenvalue weighted by atomic mass is 16.5. The molecule has 0 spiro atoms. The van der Waals surface area contributed by atoms with Gasteiger partial charge in [-0.1, -0.05) is 24.3 Å². The van der Waals surface area contributed by atoms with Crippen molar-refractivity contribution in [3.8, 4) is 11.5 Å². The second kappa shape index (κ2) is 5.96. The molecule has 0 amide bonds. The minimum absolute atomic E-state index is 0.105. The van der Waals surface area contributed by atoms with Crippen molar-refractivity contribution in [1.82, 2.24) is 0 Å². The van der Waals surface area contributed by atoms with Crippen LogP contribution in [0.2, 0.25) is 0 Å². The van der Waals surface area contributed by atoms with E-state index in [2.05, 4.69) is 0 Å². The largest absolute Gasteiger partial charge is 0.508 e. The molecule has 0 bridgehead atoms. The number of phenolic OH excluding ortho intramolecular Hbond substituents is 2. The molecule has 2 aromatic carbocycles. The summed E-state index contributed by atoms with van der Waals surface area (Å²) in [7, 11) is 0. The molecule has 0 radical (unpaired) electrons. The van der Waals surface area contributed by atoms with Crippen LogP contribution >= 0.6 is 0 Å². The third-order valence-corrected chi connectivity index (χ3v) is 4.04. The van der Waals surface area contributed by atoms with Gasteiger partial charge in [-0.2, -0.15) is 0 Å². The van der Waals surface area contributed by atoms with Crippen LogP contribution in [0, 0.1) is 0 Å². The lowest BCUT2D eigenvalue weighted by atomic mass is 9.82. The lowest BCUT2D eigenvalue weighted by molar-refractivity contribution is -0.139. The number of aliphatic hydroxyl groups excluding tert-OH is 2. The zero-order valence-electron chi connectivity index (χ0n) is 11.8. The maximum atomic E-state index is 10.6. The van der Waals surface area contributed by atoms with Gasteiger partial charge in [-0.15, -0.1) is 0 Å². The third kappa shape index (κ3) is 2.78. The van der Waals surface area contributed by atoms with Crippen LogP contribution in [0.25, 0.3) is 0 Å². The fourth-order valence-corrected chi connectivity index (χ4v) is 2.89. The number of rotatable bonds is 2. The van der Waals surface area contributed by atoms with Crippen molar-refractivity contribution in [2.45, 2.75) is 24.2 Å². The van der Waals surface area contributed by atoms with Gasteiger partial charge in [-0.05, 0) is 35.4 Å². The van der Waals surface area contributed by atoms with E-state index in [9.17, 15) is 20.4 Å². The molecular weight excluding hydrogens is 284 g/mol. The fraction of sp³-hybridized carbons (Fsp3) is 0.294. The van der Waals surface area contributed by atoms with E-state index >= 15 is 0 Å². The number of ether oxygens (including phenoxy) is 1. The summed E-state index contributed by atoms with van der Waals surface area (Å²) in [4.78, 5) is 0. The van der Waals surface area contributed by atoms with Crippen LogP contribution in [0.15, 0.2) is 48.5 Å². The van der Waals surface area contributed by atoms with E-state index in [0.29, 0.717) is 0 Å². The van der Waals surface area contributed by atoms with Crippen molar-refractivity contribution in [2.24, 2.45) is 0 Å². The first-order valence-electron chi connectivity index (χ1n) is 7.12. The number of aliphatic hydroxyl groups is 2. The van der Waals surface area contributed by atoms with Gasteiger partial charge in [0.2, 0.25) is 0 Å². The van der Waals surface area contributed by atoms with Crippen LogP contribution in [0.5, 0.6) is 11.5 Å². The molecule has 1 heterocycles. The maximum absolute atomic E-state index is 10.6. The van der Waals surface area contributed by atoms with E-state index in [1.54, 1.807) is 24.3 Å². The number of hydrogen-bond acceptors (Lipinski definition) is 5. The Kier molecular flexibility index (Phi) is 4.02. The molecule has 1 saturated heterocycles. The van der Waals surface area contributed by atoms with Crippen LogP contribution in [0.3, 0.4) is 0 Å². The van der Waals surface area contributed by atoms with Gasteiger partial charge in [-0.25, -0.2) is 0 Å². The molecule has 4 N–H and O–H groups in total. The Hall–Kier alpha value is -2.08. The summed E-state index contributed by atoms with van der Waals surface area (Å²) in [6.45, 7) is 0.105. The number of aromatic hydroxyl groups is 2. The van der Waals surface area contributed by atoms with Gasteiger partial charge in [0.05, 0.1) is 18.8 Å². The van der Waals surface area contributed by atoms with Gasteiger partial charge in [-0.3, -0.25) is 0 Å². The Balaban J connectivity index is 1.89. The Labute approximate surface area is 128 Å². The molecule has 1 aliphatic heterocycles. The molecule has 4 atom stereocenters. The zero-order valence-corrected chi connectivity index (χ0v) is 11.8. The minimum Gasteiger partial charge on any atom is -0.508 e. The van der Waals surface area contributed by atoms with Gasteiger partial charge < -0.3 is 25.2 Å². The van der Waals surface area contributed by atoms with E-state index in [-0.39, 0.29) is 18.1 Å². The standard InChI is InChI=1S/C17H18O5/c18-12-5-1-10(2-6-12)15-14(20)9-22-17(16(15)21)11-3-7-13(19)8-4-11/h1-8,14-21H,9H2/t14-,15+,16-,17-/m1/s1. The summed E-state index contributed by atoms with van der Waals surface area (Å²) in [6.07, 6.45) is -2.34. The number of benzene rings is 2. The molecule has 1 aliphatic rings. The van der Waals surface area contributed by atoms with E-state index in [1.807, 2.05) is 0 Å². The number of phenols is 2. The summed E-state index contributed by atoms with van der Waals surface area (Å²) in [5.41, 5.74) is 1.48. The first-order valence-corrected chi connectivity index (χ1v) is 7.12. The fourth-order valence-electron chi connectivity index (χ4n) is 2.89.